The molecule has 0 saturated heterocycles. The lowest BCUT2D eigenvalue weighted by atomic mass is 10.2. The van der Waals surface area contributed by atoms with E-state index in [1.807, 2.05) is 43.1 Å². The van der Waals surface area contributed by atoms with Crippen LogP contribution in [0.15, 0.2) is 29.3 Å². The summed E-state index contributed by atoms with van der Waals surface area (Å²) in [5, 5.41) is 3.94. The van der Waals surface area contributed by atoms with Gasteiger partial charge in [0, 0.05) is 31.4 Å². The van der Waals surface area contributed by atoms with Crippen LogP contribution in [0.4, 0.5) is 0 Å². The molecule has 0 fully saturated rings. The van der Waals surface area contributed by atoms with Crippen molar-refractivity contribution in [2.24, 2.45) is 4.99 Å². The largest absolute Gasteiger partial charge is 0.378 e. The van der Waals surface area contributed by atoms with E-state index in [1.165, 1.54) is 6.26 Å². The first-order valence-corrected chi connectivity index (χ1v) is 10.3. The van der Waals surface area contributed by atoms with Gasteiger partial charge in [-0.05, 0) is 18.6 Å². The Bertz CT molecular complexity index is 635. The molecule has 0 unspecified atom stereocenters. The van der Waals surface area contributed by atoms with Crippen molar-refractivity contribution in [3.63, 3.8) is 0 Å². The highest BCUT2D eigenvalue weighted by molar-refractivity contribution is 7.90. The van der Waals surface area contributed by atoms with Crippen LogP contribution in [0.2, 0.25) is 5.02 Å². The van der Waals surface area contributed by atoms with Gasteiger partial charge in [0.1, 0.15) is 9.84 Å². The van der Waals surface area contributed by atoms with Crippen molar-refractivity contribution in [2.45, 2.75) is 13.5 Å². The highest BCUT2D eigenvalue weighted by Crippen LogP contribution is 2.16. The Kier molecular flexibility index (Phi) is 9.10. The zero-order valence-corrected chi connectivity index (χ0v) is 16.0. The van der Waals surface area contributed by atoms with Crippen molar-refractivity contribution in [3.05, 3.63) is 34.9 Å². The van der Waals surface area contributed by atoms with Gasteiger partial charge in [0.2, 0.25) is 0 Å². The second-order valence-electron chi connectivity index (χ2n) is 5.43. The van der Waals surface area contributed by atoms with E-state index < -0.39 is 9.84 Å². The molecule has 0 saturated carbocycles. The first-order chi connectivity index (χ1) is 11.3. The third-order valence-corrected chi connectivity index (χ3v) is 4.43. The van der Waals surface area contributed by atoms with Crippen LogP contribution in [-0.4, -0.2) is 64.6 Å². The Morgan fingerprint density at radius 3 is 2.67 bits per heavy atom. The molecule has 0 aromatic heterocycles. The predicted octanol–water partition coefficient (Wildman–Crippen LogP) is 1.80. The fourth-order valence-electron chi connectivity index (χ4n) is 1.96. The average Bonchev–Trinajstić information content (AvgIpc) is 2.50. The average molecular weight is 376 g/mol. The molecule has 8 heteroatoms. The Labute approximate surface area is 149 Å². The lowest BCUT2D eigenvalue weighted by molar-refractivity contribution is 0.157. The van der Waals surface area contributed by atoms with Gasteiger partial charge in [0.05, 0.1) is 25.5 Å². The summed E-state index contributed by atoms with van der Waals surface area (Å²) in [4.78, 5) is 6.47. The molecule has 0 amide bonds. The van der Waals surface area contributed by atoms with Crippen LogP contribution in [-0.2, 0) is 21.1 Å². The molecule has 1 aromatic carbocycles. The number of nitrogens with one attached hydrogen (secondary N) is 1. The Morgan fingerprint density at radius 1 is 1.33 bits per heavy atom. The van der Waals surface area contributed by atoms with E-state index >= 15 is 0 Å². The lowest BCUT2D eigenvalue weighted by Crippen LogP contribution is -2.38. The first kappa shape index (κ1) is 20.7. The standard InChI is InChI=1S/C16H26ClN3O3S/c1-4-18-16(19-9-10-23-11-12-24(3,21)22)20(2)13-14-7-5-6-8-15(14)17/h5-8H,4,9-13H2,1-3H3,(H,18,19). The predicted molar refractivity (Wildman–Crippen MR) is 99.4 cm³/mol. The van der Waals surface area contributed by atoms with E-state index in [2.05, 4.69) is 10.3 Å². The van der Waals surface area contributed by atoms with Crippen molar-refractivity contribution < 1.29 is 13.2 Å². The molecule has 0 aliphatic rings. The number of benzene rings is 1. The molecule has 1 aromatic rings. The summed E-state index contributed by atoms with van der Waals surface area (Å²) in [5.74, 6) is 0.785. The minimum absolute atomic E-state index is 0.0309. The fraction of sp³-hybridized carbons (Fsp3) is 0.562. The number of halogens is 1. The maximum absolute atomic E-state index is 11.0. The van der Waals surface area contributed by atoms with E-state index in [9.17, 15) is 8.42 Å². The number of sulfone groups is 1. The molecule has 136 valence electrons. The number of rotatable bonds is 9. The molecule has 1 rings (SSSR count). The summed E-state index contributed by atoms with van der Waals surface area (Å²) < 4.78 is 27.3. The maximum atomic E-state index is 11.0. The molecule has 0 heterocycles. The summed E-state index contributed by atoms with van der Waals surface area (Å²) in [5.41, 5.74) is 1.02. The number of hydrogen-bond acceptors (Lipinski definition) is 4. The summed E-state index contributed by atoms with van der Waals surface area (Å²) in [6.07, 6.45) is 1.20. The topological polar surface area (TPSA) is 71.0 Å². The van der Waals surface area contributed by atoms with Gasteiger partial charge in [-0.15, -0.1) is 0 Å². The second kappa shape index (κ2) is 10.5. The molecule has 0 radical (unpaired) electrons. The molecule has 24 heavy (non-hydrogen) atoms. The van der Waals surface area contributed by atoms with Crippen LogP contribution in [0.5, 0.6) is 0 Å². The normalized spacial score (nSPS) is 12.2. The zero-order valence-electron chi connectivity index (χ0n) is 14.5. The van der Waals surface area contributed by atoms with Crippen molar-refractivity contribution in [1.82, 2.24) is 10.2 Å². The molecule has 0 aliphatic carbocycles. The first-order valence-electron chi connectivity index (χ1n) is 7.82. The van der Waals surface area contributed by atoms with Gasteiger partial charge in [-0.25, -0.2) is 8.42 Å². The van der Waals surface area contributed by atoms with Gasteiger partial charge in [-0.1, -0.05) is 29.8 Å². The van der Waals surface area contributed by atoms with Crippen LogP contribution >= 0.6 is 11.6 Å². The monoisotopic (exact) mass is 375 g/mol. The minimum atomic E-state index is -2.98. The van der Waals surface area contributed by atoms with Gasteiger partial charge in [0.25, 0.3) is 0 Å². The molecule has 0 spiro atoms. The third-order valence-electron chi connectivity index (χ3n) is 3.16. The number of ether oxygens (including phenoxy) is 1. The van der Waals surface area contributed by atoms with Crippen molar-refractivity contribution in [3.8, 4) is 0 Å². The zero-order chi connectivity index (χ0) is 18.0. The quantitative estimate of drug-likeness (QED) is 0.405. The van der Waals surface area contributed by atoms with E-state index in [4.69, 9.17) is 16.3 Å². The van der Waals surface area contributed by atoms with E-state index in [1.54, 1.807) is 0 Å². The SMILES string of the molecule is CCNC(=NCCOCCS(C)(=O)=O)N(C)Cc1ccccc1Cl. The fourth-order valence-corrected chi connectivity index (χ4v) is 2.57. The summed E-state index contributed by atoms with van der Waals surface area (Å²) in [7, 11) is -1.04. The Morgan fingerprint density at radius 2 is 2.04 bits per heavy atom. The number of hydrogen-bond donors (Lipinski definition) is 1. The highest BCUT2D eigenvalue weighted by atomic mass is 35.5. The van der Waals surface area contributed by atoms with Crippen LogP contribution in [0.25, 0.3) is 0 Å². The molecule has 0 bridgehead atoms. The van der Waals surface area contributed by atoms with Gasteiger partial charge in [0.15, 0.2) is 5.96 Å². The minimum Gasteiger partial charge on any atom is -0.378 e. The Hall–Kier alpha value is -1.31. The third kappa shape index (κ3) is 8.52. The van der Waals surface area contributed by atoms with Gasteiger partial charge in [-0.3, -0.25) is 4.99 Å². The van der Waals surface area contributed by atoms with Crippen LogP contribution in [0, 0.1) is 0 Å². The second-order valence-corrected chi connectivity index (χ2v) is 8.09. The van der Waals surface area contributed by atoms with Crippen molar-refractivity contribution in [2.75, 3.05) is 45.4 Å². The van der Waals surface area contributed by atoms with Gasteiger partial charge in [-0.2, -0.15) is 0 Å². The molecule has 1 N–H and O–H groups in total. The lowest BCUT2D eigenvalue weighted by Gasteiger charge is -2.22. The van der Waals surface area contributed by atoms with Gasteiger partial charge < -0.3 is 15.0 Å². The molecule has 6 nitrogen and oxygen atoms in total. The number of nitrogens with zero attached hydrogens (tertiary/aromatic N) is 2. The molecule has 0 atom stereocenters. The Balaban J connectivity index is 2.50. The highest BCUT2D eigenvalue weighted by Gasteiger charge is 2.08. The molecule has 0 aliphatic heterocycles. The van der Waals surface area contributed by atoms with Crippen LogP contribution < -0.4 is 5.32 Å². The number of guanidine groups is 1. The van der Waals surface area contributed by atoms with Crippen LogP contribution in [0.3, 0.4) is 0 Å². The van der Waals surface area contributed by atoms with E-state index in [0.29, 0.717) is 19.7 Å². The van der Waals surface area contributed by atoms with Gasteiger partial charge >= 0.3 is 0 Å². The smallest absolute Gasteiger partial charge is 0.194 e. The number of aliphatic imine (C=N–C) groups is 1. The summed E-state index contributed by atoms with van der Waals surface area (Å²) >= 11 is 6.19. The van der Waals surface area contributed by atoms with Crippen molar-refractivity contribution >= 4 is 27.4 Å². The molecular weight excluding hydrogens is 350 g/mol. The summed E-state index contributed by atoms with van der Waals surface area (Å²) in [6.45, 7) is 4.42. The molecular formula is C16H26ClN3O3S. The van der Waals surface area contributed by atoms with Crippen LogP contribution in [0.1, 0.15) is 12.5 Å². The van der Waals surface area contributed by atoms with E-state index in [-0.39, 0.29) is 12.4 Å². The maximum Gasteiger partial charge on any atom is 0.194 e. The van der Waals surface area contributed by atoms with E-state index in [0.717, 1.165) is 23.1 Å². The summed E-state index contributed by atoms with van der Waals surface area (Å²) in [6, 6.07) is 7.70. The van der Waals surface area contributed by atoms with Crippen molar-refractivity contribution in [1.29, 1.82) is 0 Å².